The first-order valence-corrected chi connectivity index (χ1v) is 7.83. The second kappa shape index (κ2) is 8.93. The van der Waals surface area contributed by atoms with Gasteiger partial charge in [-0.25, -0.2) is 13.1 Å². The van der Waals surface area contributed by atoms with Crippen LogP contribution < -0.4 is 10.0 Å². The number of benzene rings is 1. The third kappa shape index (κ3) is 5.58. The van der Waals surface area contributed by atoms with Crippen LogP contribution in [0.25, 0.3) is 0 Å². The largest absolute Gasteiger partial charge is 0.315 e. The first-order chi connectivity index (χ1) is 9.40. The van der Waals surface area contributed by atoms with Gasteiger partial charge in [0, 0.05) is 19.2 Å². The Morgan fingerprint density at radius 1 is 1.24 bits per heavy atom. The summed E-state index contributed by atoms with van der Waals surface area (Å²) in [7, 11) is -3.89. The average molecular weight is 338 g/mol. The predicted molar refractivity (Wildman–Crippen MR) is 83.4 cm³/mol. The monoisotopic (exact) mass is 337 g/mol. The number of hydrogen-bond acceptors (Lipinski definition) is 5. The Labute approximate surface area is 130 Å². The third-order valence-electron chi connectivity index (χ3n) is 2.68. The lowest BCUT2D eigenvalue weighted by atomic mass is 10.2. The molecule has 0 aliphatic heterocycles. The highest BCUT2D eigenvalue weighted by molar-refractivity contribution is 7.89. The van der Waals surface area contributed by atoms with Crippen molar-refractivity contribution in [1.29, 1.82) is 0 Å². The minimum absolute atomic E-state index is 0. The van der Waals surface area contributed by atoms with Gasteiger partial charge in [-0.3, -0.25) is 10.1 Å². The van der Waals surface area contributed by atoms with Gasteiger partial charge in [0.15, 0.2) is 4.90 Å². The maximum Gasteiger partial charge on any atom is 0.289 e. The number of nitrogens with one attached hydrogen (secondary N) is 2. The Morgan fingerprint density at radius 2 is 1.90 bits per heavy atom. The molecule has 9 heteroatoms. The van der Waals surface area contributed by atoms with Gasteiger partial charge in [0.2, 0.25) is 10.0 Å². The van der Waals surface area contributed by atoms with E-state index in [9.17, 15) is 18.5 Å². The standard InChI is InChI=1S/C12H19N3O4S.ClH/c1-3-7-13-8-9-14-20(18,19)12-10(2)5-4-6-11(12)15(16)17;/h4-6,13-14H,3,7-9H2,1-2H3;1H. The van der Waals surface area contributed by atoms with Crippen LogP contribution in [0.15, 0.2) is 23.1 Å². The molecule has 0 amide bonds. The lowest BCUT2D eigenvalue weighted by molar-refractivity contribution is -0.387. The molecule has 0 unspecified atom stereocenters. The lowest BCUT2D eigenvalue weighted by Crippen LogP contribution is -2.32. The molecular formula is C12H20ClN3O4S. The molecule has 0 radical (unpaired) electrons. The number of nitrogens with zero attached hydrogens (tertiary/aromatic N) is 1. The fourth-order valence-electron chi connectivity index (χ4n) is 1.78. The molecule has 0 fully saturated rings. The first kappa shape index (κ1) is 19.8. The molecule has 0 bridgehead atoms. The van der Waals surface area contributed by atoms with E-state index in [-0.39, 0.29) is 23.8 Å². The van der Waals surface area contributed by atoms with Crippen LogP contribution >= 0.6 is 12.4 Å². The summed E-state index contributed by atoms with van der Waals surface area (Å²) < 4.78 is 26.7. The van der Waals surface area contributed by atoms with Gasteiger partial charge >= 0.3 is 0 Å². The van der Waals surface area contributed by atoms with Crippen molar-refractivity contribution in [2.45, 2.75) is 25.2 Å². The summed E-state index contributed by atoms with van der Waals surface area (Å²) in [5.41, 5.74) is -0.0489. The van der Waals surface area contributed by atoms with Crippen LogP contribution in [0, 0.1) is 17.0 Å². The molecule has 120 valence electrons. The smallest absolute Gasteiger partial charge is 0.289 e. The van der Waals surface area contributed by atoms with Crippen LogP contribution in [-0.4, -0.2) is 33.0 Å². The highest BCUT2D eigenvalue weighted by atomic mass is 35.5. The highest BCUT2D eigenvalue weighted by Gasteiger charge is 2.27. The van der Waals surface area contributed by atoms with E-state index in [1.54, 1.807) is 0 Å². The van der Waals surface area contributed by atoms with Crippen LogP contribution in [0.5, 0.6) is 0 Å². The number of aryl methyl sites for hydroxylation is 1. The van der Waals surface area contributed by atoms with Crippen molar-refractivity contribution in [2.75, 3.05) is 19.6 Å². The third-order valence-corrected chi connectivity index (χ3v) is 4.33. The van der Waals surface area contributed by atoms with Gasteiger partial charge in [-0.15, -0.1) is 12.4 Å². The Morgan fingerprint density at radius 3 is 2.48 bits per heavy atom. The van der Waals surface area contributed by atoms with Crippen molar-refractivity contribution in [3.05, 3.63) is 33.9 Å². The maximum absolute atomic E-state index is 12.2. The zero-order valence-corrected chi connectivity index (χ0v) is 13.6. The maximum atomic E-state index is 12.2. The van der Waals surface area contributed by atoms with Gasteiger partial charge in [-0.05, 0) is 25.5 Å². The van der Waals surface area contributed by atoms with E-state index in [2.05, 4.69) is 10.0 Å². The van der Waals surface area contributed by atoms with E-state index < -0.39 is 20.6 Å². The number of sulfonamides is 1. The van der Waals surface area contributed by atoms with E-state index in [0.29, 0.717) is 12.1 Å². The van der Waals surface area contributed by atoms with Crippen molar-refractivity contribution in [3.63, 3.8) is 0 Å². The molecule has 7 nitrogen and oxygen atoms in total. The molecule has 0 saturated heterocycles. The van der Waals surface area contributed by atoms with E-state index in [4.69, 9.17) is 0 Å². The van der Waals surface area contributed by atoms with Gasteiger partial charge in [-0.1, -0.05) is 19.1 Å². The second-order valence-corrected chi connectivity index (χ2v) is 6.03. The molecule has 1 rings (SSSR count). The summed E-state index contributed by atoms with van der Waals surface area (Å²) >= 11 is 0. The zero-order chi connectivity index (χ0) is 15.2. The van der Waals surface area contributed by atoms with Crippen LogP contribution in [0.1, 0.15) is 18.9 Å². The van der Waals surface area contributed by atoms with Crippen LogP contribution in [-0.2, 0) is 10.0 Å². The number of rotatable bonds is 8. The zero-order valence-electron chi connectivity index (χ0n) is 12.0. The Hall–Kier alpha value is -1.22. The Bertz CT molecular complexity index is 578. The molecule has 0 aliphatic carbocycles. The normalized spacial score (nSPS) is 11.0. The van der Waals surface area contributed by atoms with Gasteiger partial charge in [0.1, 0.15) is 0 Å². The van der Waals surface area contributed by atoms with Gasteiger partial charge < -0.3 is 5.32 Å². The van der Waals surface area contributed by atoms with Crippen LogP contribution in [0.2, 0.25) is 0 Å². The SMILES string of the molecule is CCCNCCNS(=O)(=O)c1c(C)cccc1[N+](=O)[O-].Cl. The molecular weight excluding hydrogens is 318 g/mol. The molecule has 0 saturated carbocycles. The topological polar surface area (TPSA) is 101 Å². The molecule has 21 heavy (non-hydrogen) atoms. The van der Waals surface area contributed by atoms with E-state index in [1.807, 2.05) is 6.92 Å². The second-order valence-electron chi connectivity index (χ2n) is 4.33. The van der Waals surface area contributed by atoms with Gasteiger partial charge in [0.05, 0.1) is 4.92 Å². The summed E-state index contributed by atoms with van der Waals surface area (Å²) in [5, 5.41) is 14.0. The Balaban J connectivity index is 0.00000400. The predicted octanol–water partition coefficient (Wildman–Crippen LogP) is 1.60. The van der Waals surface area contributed by atoms with Crippen molar-refractivity contribution in [1.82, 2.24) is 10.0 Å². The van der Waals surface area contributed by atoms with Gasteiger partial charge in [0.25, 0.3) is 5.69 Å². The molecule has 0 aromatic heterocycles. The van der Waals surface area contributed by atoms with E-state index >= 15 is 0 Å². The number of nitro benzene ring substituents is 1. The summed E-state index contributed by atoms with van der Waals surface area (Å²) in [6, 6.07) is 4.20. The molecule has 0 aliphatic rings. The molecule has 0 spiro atoms. The highest BCUT2D eigenvalue weighted by Crippen LogP contribution is 2.26. The molecule has 1 aromatic carbocycles. The Kier molecular flexibility index (Phi) is 8.41. The molecule has 0 heterocycles. The fourth-order valence-corrected chi connectivity index (χ4v) is 3.20. The lowest BCUT2D eigenvalue weighted by Gasteiger charge is -2.10. The molecule has 2 N–H and O–H groups in total. The van der Waals surface area contributed by atoms with Crippen molar-refractivity contribution in [3.8, 4) is 0 Å². The molecule has 1 aromatic rings. The fraction of sp³-hybridized carbons (Fsp3) is 0.500. The minimum Gasteiger partial charge on any atom is -0.315 e. The summed E-state index contributed by atoms with van der Waals surface area (Å²) in [6.45, 7) is 5.01. The number of hydrogen-bond donors (Lipinski definition) is 2. The van der Waals surface area contributed by atoms with Gasteiger partial charge in [-0.2, -0.15) is 0 Å². The number of nitro groups is 1. The van der Waals surface area contributed by atoms with Crippen molar-refractivity contribution in [2.24, 2.45) is 0 Å². The quantitative estimate of drug-likeness (QED) is 0.426. The van der Waals surface area contributed by atoms with Crippen molar-refractivity contribution >= 4 is 28.1 Å². The number of halogens is 1. The van der Waals surface area contributed by atoms with Crippen LogP contribution in [0.3, 0.4) is 0 Å². The first-order valence-electron chi connectivity index (χ1n) is 6.34. The van der Waals surface area contributed by atoms with E-state index in [0.717, 1.165) is 13.0 Å². The van der Waals surface area contributed by atoms with Crippen molar-refractivity contribution < 1.29 is 13.3 Å². The summed E-state index contributed by atoms with van der Waals surface area (Å²) in [6.07, 6.45) is 0.954. The van der Waals surface area contributed by atoms with Crippen LogP contribution in [0.4, 0.5) is 5.69 Å². The van der Waals surface area contributed by atoms with E-state index in [1.165, 1.54) is 25.1 Å². The molecule has 0 atom stereocenters. The summed E-state index contributed by atoms with van der Waals surface area (Å²) in [4.78, 5) is 9.99. The average Bonchev–Trinajstić information content (AvgIpc) is 2.37. The summed E-state index contributed by atoms with van der Waals surface area (Å²) in [5.74, 6) is 0. The minimum atomic E-state index is -3.89.